The van der Waals surface area contributed by atoms with Crippen LogP contribution in [0.2, 0.25) is 0 Å². The summed E-state index contributed by atoms with van der Waals surface area (Å²) < 4.78 is 16.3. The average Bonchev–Trinajstić information content (AvgIpc) is 2.75. The van der Waals surface area contributed by atoms with Gasteiger partial charge in [-0.2, -0.15) is 0 Å². The maximum Gasteiger partial charge on any atom is 0.203 e. The van der Waals surface area contributed by atoms with Gasteiger partial charge in [0.25, 0.3) is 0 Å². The first-order valence-corrected chi connectivity index (χ1v) is 10.1. The molecule has 2 N–H and O–H groups in total. The highest BCUT2D eigenvalue weighted by Crippen LogP contribution is 2.39. The van der Waals surface area contributed by atoms with Crippen LogP contribution in [0.1, 0.15) is 5.56 Å². The van der Waals surface area contributed by atoms with Gasteiger partial charge in [-0.25, -0.2) is 0 Å². The SMILES string of the molecule is CN=C(NCCSc1ccccc1)NCCc1ccc(OC)c(OC)c1OC. The molecule has 0 fully saturated rings. The molecule has 0 heterocycles. The maximum absolute atomic E-state index is 5.53. The molecule has 0 spiro atoms. The van der Waals surface area contributed by atoms with E-state index in [2.05, 4.69) is 39.9 Å². The number of ether oxygens (including phenoxy) is 3. The number of hydrogen-bond donors (Lipinski definition) is 2. The molecule has 0 unspecified atom stereocenters. The first-order chi connectivity index (χ1) is 13.7. The number of hydrogen-bond acceptors (Lipinski definition) is 5. The van der Waals surface area contributed by atoms with E-state index in [0.29, 0.717) is 17.2 Å². The molecule has 0 radical (unpaired) electrons. The van der Waals surface area contributed by atoms with Gasteiger partial charge in [-0.15, -0.1) is 11.8 Å². The van der Waals surface area contributed by atoms with Crippen LogP contribution in [0, 0.1) is 0 Å². The van der Waals surface area contributed by atoms with Crippen molar-refractivity contribution in [3.63, 3.8) is 0 Å². The lowest BCUT2D eigenvalue weighted by atomic mass is 10.1. The Morgan fingerprint density at radius 3 is 2.25 bits per heavy atom. The average molecular weight is 404 g/mol. The first-order valence-electron chi connectivity index (χ1n) is 9.13. The Kier molecular flexibility index (Phi) is 9.34. The number of nitrogens with one attached hydrogen (secondary N) is 2. The van der Waals surface area contributed by atoms with E-state index in [1.165, 1.54) is 4.90 Å². The van der Waals surface area contributed by atoms with Crippen molar-refractivity contribution < 1.29 is 14.2 Å². The Balaban J connectivity index is 1.81. The Labute approximate surface area is 171 Å². The van der Waals surface area contributed by atoms with Crippen LogP contribution in [0.15, 0.2) is 52.4 Å². The molecule has 2 aromatic carbocycles. The number of aliphatic imine (C=N–C) groups is 1. The van der Waals surface area contributed by atoms with E-state index >= 15 is 0 Å². The Morgan fingerprint density at radius 2 is 1.61 bits per heavy atom. The third-order valence-corrected chi connectivity index (χ3v) is 5.12. The minimum absolute atomic E-state index is 0.614. The van der Waals surface area contributed by atoms with Gasteiger partial charge >= 0.3 is 0 Å². The van der Waals surface area contributed by atoms with Gasteiger partial charge < -0.3 is 24.8 Å². The van der Waals surface area contributed by atoms with E-state index in [1.54, 1.807) is 28.4 Å². The maximum atomic E-state index is 5.53. The lowest BCUT2D eigenvalue weighted by Crippen LogP contribution is -2.39. The van der Waals surface area contributed by atoms with Crippen LogP contribution in [0.3, 0.4) is 0 Å². The van der Waals surface area contributed by atoms with Crippen LogP contribution in [0.5, 0.6) is 17.2 Å². The van der Waals surface area contributed by atoms with Crippen molar-refractivity contribution in [2.45, 2.75) is 11.3 Å². The summed E-state index contributed by atoms with van der Waals surface area (Å²) in [5.41, 5.74) is 1.04. The molecular weight excluding hydrogens is 374 g/mol. The fraction of sp³-hybridized carbons (Fsp3) is 0.381. The predicted molar refractivity (Wildman–Crippen MR) is 116 cm³/mol. The Hall–Kier alpha value is -2.54. The minimum Gasteiger partial charge on any atom is -0.493 e. The van der Waals surface area contributed by atoms with Gasteiger partial charge in [-0.3, -0.25) is 4.99 Å². The summed E-state index contributed by atoms with van der Waals surface area (Å²) in [5, 5.41) is 6.67. The summed E-state index contributed by atoms with van der Waals surface area (Å²) >= 11 is 1.82. The summed E-state index contributed by atoms with van der Waals surface area (Å²) in [4.78, 5) is 5.55. The van der Waals surface area contributed by atoms with Crippen molar-refractivity contribution in [3.05, 3.63) is 48.0 Å². The molecular formula is C21H29N3O3S. The first kappa shape index (κ1) is 21.8. The summed E-state index contributed by atoms with van der Waals surface area (Å²) in [6.07, 6.45) is 0.767. The number of benzene rings is 2. The molecule has 2 aromatic rings. The van der Waals surface area contributed by atoms with Crippen LogP contribution < -0.4 is 24.8 Å². The highest BCUT2D eigenvalue weighted by atomic mass is 32.2. The molecule has 0 aliphatic rings. The molecule has 7 heteroatoms. The van der Waals surface area contributed by atoms with Crippen molar-refractivity contribution in [3.8, 4) is 17.2 Å². The molecule has 0 aliphatic carbocycles. The zero-order chi connectivity index (χ0) is 20.2. The zero-order valence-corrected chi connectivity index (χ0v) is 17.8. The molecule has 28 heavy (non-hydrogen) atoms. The molecule has 0 aliphatic heterocycles. The van der Waals surface area contributed by atoms with Crippen LogP contribution >= 0.6 is 11.8 Å². The topological polar surface area (TPSA) is 64.1 Å². The second-order valence-corrected chi connectivity index (χ2v) is 7.00. The van der Waals surface area contributed by atoms with Crippen molar-refractivity contribution in [2.75, 3.05) is 47.2 Å². The zero-order valence-electron chi connectivity index (χ0n) is 17.0. The number of methoxy groups -OCH3 is 3. The molecule has 0 saturated carbocycles. The highest BCUT2D eigenvalue weighted by Gasteiger charge is 2.15. The van der Waals surface area contributed by atoms with E-state index in [0.717, 1.165) is 36.8 Å². The fourth-order valence-electron chi connectivity index (χ4n) is 2.75. The van der Waals surface area contributed by atoms with E-state index in [1.807, 2.05) is 30.0 Å². The van der Waals surface area contributed by atoms with Gasteiger partial charge in [0.1, 0.15) is 0 Å². The molecule has 2 rings (SSSR count). The van der Waals surface area contributed by atoms with Crippen molar-refractivity contribution in [2.24, 2.45) is 4.99 Å². The molecule has 0 amide bonds. The lowest BCUT2D eigenvalue weighted by Gasteiger charge is -2.16. The smallest absolute Gasteiger partial charge is 0.203 e. The van der Waals surface area contributed by atoms with Gasteiger partial charge in [0.2, 0.25) is 5.75 Å². The monoisotopic (exact) mass is 403 g/mol. The number of nitrogens with zero attached hydrogens (tertiary/aromatic N) is 1. The fourth-order valence-corrected chi connectivity index (χ4v) is 3.54. The van der Waals surface area contributed by atoms with Crippen LogP contribution in [0.4, 0.5) is 0 Å². The van der Waals surface area contributed by atoms with Crippen molar-refractivity contribution >= 4 is 17.7 Å². The summed E-state index contributed by atoms with van der Waals surface area (Å²) in [6.45, 7) is 1.55. The molecule has 0 atom stereocenters. The second kappa shape index (κ2) is 12.0. The van der Waals surface area contributed by atoms with Crippen LogP contribution in [-0.4, -0.2) is 53.2 Å². The normalized spacial score (nSPS) is 11.1. The highest BCUT2D eigenvalue weighted by molar-refractivity contribution is 7.99. The Bertz CT molecular complexity index is 754. The third kappa shape index (κ3) is 6.27. The van der Waals surface area contributed by atoms with Gasteiger partial charge in [0.05, 0.1) is 21.3 Å². The van der Waals surface area contributed by atoms with Crippen molar-refractivity contribution in [1.82, 2.24) is 10.6 Å². The molecule has 0 saturated heterocycles. The van der Waals surface area contributed by atoms with Gasteiger partial charge in [-0.1, -0.05) is 24.3 Å². The summed E-state index contributed by atoms with van der Waals surface area (Å²) in [5.74, 6) is 3.72. The second-order valence-electron chi connectivity index (χ2n) is 5.83. The van der Waals surface area contributed by atoms with Crippen LogP contribution in [0.25, 0.3) is 0 Å². The molecule has 0 aromatic heterocycles. The molecule has 6 nitrogen and oxygen atoms in total. The van der Waals surface area contributed by atoms with Gasteiger partial charge in [0, 0.05) is 36.3 Å². The summed E-state index contributed by atoms with van der Waals surface area (Å²) in [6, 6.07) is 14.3. The standard InChI is InChI=1S/C21H29N3O3S/c1-22-21(24-14-15-28-17-8-6-5-7-9-17)23-13-12-16-10-11-18(25-2)20(27-4)19(16)26-3/h5-11H,12-15H2,1-4H3,(H2,22,23,24). The van der Waals surface area contributed by atoms with Crippen LogP contribution in [-0.2, 0) is 6.42 Å². The van der Waals surface area contributed by atoms with Gasteiger partial charge in [-0.05, 0) is 24.6 Å². The van der Waals surface area contributed by atoms with E-state index in [9.17, 15) is 0 Å². The van der Waals surface area contributed by atoms with E-state index in [-0.39, 0.29) is 0 Å². The predicted octanol–water partition coefficient (Wildman–Crippen LogP) is 3.21. The number of guanidine groups is 1. The third-order valence-electron chi connectivity index (χ3n) is 4.10. The number of thioether (sulfide) groups is 1. The summed E-state index contributed by atoms with van der Waals surface area (Å²) in [7, 11) is 6.64. The van der Waals surface area contributed by atoms with E-state index < -0.39 is 0 Å². The van der Waals surface area contributed by atoms with Gasteiger partial charge in [0.15, 0.2) is 17.5 Å². The number of rotatable bonds is 10. The minimum atomic E-state index is 0.614. The Morgan fingerprint density at radius 1 is 0.893 bits per heavy atom. The van der Waals surface area contributed by atoms with E-state index in [4.69, 9.17) is 14.2 Å². The molecule has 152 valence electrons. The quantitative estimate of drug-likeness (QED) is 0.275. The molecule has 0 bridgehead atoms. The lowest BCUT2D eigenvalue weighted by molar-refractivity contribution is 0.322. The largest absolute Gasteiger partial charge is 0.493 e. The van der Waals surface area contributed by atoms with Crippen molar-refractivity contribution in [1.29, 1.82) is 0 Å².